The van der Waals surface area contributed by atoms with Crippen molar-refractivity contribution in [1.82, 2.24) is 4.72 Å². The maximum absolute atomic E-state index is 12.0. The second-order valence-electron chi connectivity index (χ2n) is 4.19. The molecule has 2 unspecified atom stereocenters. The van der Waals surface area contributed by atoms with E-state index >= 15 is 0 Å². The van der Waals surface area contributed by atoms with Gasteiger partial charge in [0.2, 0.25) is 10.0 Å². The molecular formula is C10H13N3O4S. The number of para-hydroxylation sites is 1. The number of nitrogens with two attached hydrogens (primary N) is 1. The van der Waals surface area contributed by atoms with E-state index in [0.717, 1.165) is 12.5 Å². The fourth-order valence-electron chi connectivity index (χ4n) is 1.77. The molecule has 1 aliphatic rings. The van der Waals surface area contributed by atoms with E-state index < -0.39 is 20.6 Å². The number of nitro groups is 1. The molecule has 1 saturated carbocycles. The highest BCUT2D eigenvalue weighted by atomic mass is 32.2. The molecule has 0 saturated heterocycles. The van der Waals surface area contributed by atoms with Crippen LogP contribution in [0.3, 0.4) is 0 Å². The largest absolute Gasteiger partial charge is 0.326 e. The summed E-state index contributed by atoms with van der Waals surface area (Å²) >= 11 is 0. The maximum Gasteiger partial charge on any atom is 0.289 e. The molecule has 7 nitrogen and oxygen atoms in total. The van der Waals surface area contributed by atoms with Crippen molar-refractivity contribution in [2.75, 3.05) is 0 Å². The first-order chi connectivity index (χ1) is 8.42. The number of rotatable bonds is 4. The van der Waals surface area contributed by atoms with E-state index in [9.17, 15) is 18.5 Å². The smallest absolute Gasteiger partial charge is 0.289 e. The highest BCUT2D eigenvalue weighted by Gasteiger charge is 2.34. The normalized spacial score (nSPS) is 23.4. The molecule has 0 amide bonds. The summed E-state index contributed by atoms with van der Waals surface area (Å²) in [5.41, 5.74) is 5.21. The van der Waals surface area contributed by atoms with Crippen molar-refractivity contribution in [2.24, 2.45) is 5.73 Å². The number of nitro benzene ring substituents is 1. The lowest BCUT2D eigenvalue weighted by molar-refractivity contribution is -0.387. The molecule has 1 fully saturated rings. The molecule has 0 radical (unpaired) electrons. The van der Waals surface area contributed by atoms with Crippen LogP contribution in [-0.2, 0) is 10.0 Å². The Kier molecular flexibility index (Phi) is 3.33. The predicted octanol–water partition coefficient (Wildman–Crippen LogP) is 0.363. The van der Waals surface area contributed by atoms with Gasteiger partial charge >= 0.3 is 0 Å². The highest BCUT2D eigenvalue weighted by molar-refractivity contribution is 7.89. The minimum atomic E-state index is -3.90. The molecule has 1 aromatic rings. The van der Waals surface area contributed by atoms with Crippen LogP contribution in [0.25, 0.3) is 0 Å². The molecule has 0 aliphatic heterocycles. The lowest BCUT2D eigenvalue weighted by atomic mass is 9.88. The molecule has 0 aromatic heterocycles. The fourth-order valence-corrected chi connectivity index (χ4v) is 3.26. The zero-order valence-corrected chi connectivity index (χ0v) is 10.3. The minimum absolute atomic E-state index is 0.220. The van der Waals surface area contributed by atoms with Gasteiger partial charge in [-0.2, -0.15) is 0 Å². The Morgan fingerprint density at radius 1 is 1.33 bits per heavy atom. The van der Waals surface area contributed by atoms with Crippen molar-refractivity contribution < 1.29 is 13.3 Å². The number of sulfonamides is 1. The third-order valence-electron chi connectivity index (χ3n) is 2.99. The van der Waals surface area contributed by atoms with Crippen molar-refractivity contribution in [3.8, 4) is 0 Å². The molecular weight excluding hydrogens is 258 g/mol. The standard InChI is InChI=1S/C10H13N3O4S/c11-7-5-6-8(7)12-18(16,17)10-4-2-1-3-9(10)13(14)15/h1-4,7-8,12H,5-6,11H2. The van der Waals surface area contributed by atoms with E-state index in [0.29, 0.717) is 6.42 Å². The van der Waals surface area contributed by atoms with Gasteiger partial charge in [-0.1, -0.05) is 12.1 Å². The SMILES string of the molecule is NC1CCC1NS(=O)(=O)c1ccccc1[N+](=O)[O-]. The van der Waals surface area contributed by atoms with Gasteiger partial charge in [0.25, 0.3) is 5.69 Å². The zero-order valence-electron chi connectivity index (χ0n) is 9.44. The molecule has 0 spiro atoms. The Labute approximate surface area is 104 Å². The highest BCUT2D eigenvalue weighted by Crippen LogP contribution is 2.25. The van der Waals surface area contributed by atoms with Gasteiger partial charge in [-0.3, -0.25) is 10.1 Å². The second-order valence-corrected chi connectivity index (χ2v) is 5.88. The Hall–Kier alpha value is -1.51. The lowest BCUT2D eigenvalue weighted by Crippen LogP contribution is -2.54. The molecule has 3 N–H and O–H groups in total. The number of nitrogens with one attached hydrogen (secondary N) is 1. The third kappa shape index (κ3) is 2.35. The van der Waals surface area contributed by atoms with Crippen molar-refractivity contribution in [2.45, 2.75) is 29.8 Å². The van der Waals surface area contributed by atoms with Gasteiger partial charge in [0, 0.05) is 18.2 Å². The topological polar surface area (TPSA) is 115 Å². The summed E-state index contributed by atoms with van der Waals surface area (Å²) < 4.78 is 26.5. The molecule has 0 heterocycles. The summed E-state index contributed by atoms with van der Waals surface area (Å²) in [6, 6.07) is 4.69. The van der Waals surface area contributed by atoms with Crippen LogP contribution in [0.2, 0.25) is 0 Å². The van der Waals surface area contributed by atoms with Crippen molar-refractivity contribution in [3.63, 3.8) is 0 Å². The van der Waals surface area contributed by atoms with Crippen LogP contribution in [0, 0.1) is 10.1 Å². The van der Waals surface area contributed by atoms with Crippen LogP contribution < -0.4 is 10.5 Å². The number of hydrogen-bond donors (Lipinski definition) is 2. The maximum atomic E-state index is 12.0. The first-order valence-electron chi connectivity index (χ1n) is 5.43. The van der Waals surface area contributed by atoms with Gasteiger partial charge in [-0.25, -0.2) is 13.1 Å². The van der Waals surface area contributed by atoms with E-state index in [1.807, 2.05) is 0 Å². The van der Waals surface area contributed by atoms with Crippen LogP contribution in [0.4, 0.5) is 5.69 Å². The summed E-state index contributed by atoms with van der Waals surface area (Å²) in [4.78, 5) is 9.75. The molecule has 8 heteroatoms. The van der Waals surface area contributed by atoms with Gasteiger partial charge in [0.05, 0.1) is 4.92 Å². The summed E-state index contributed by atoms with van der Waals surface area (Å²) in [5.74, 6) is 0. The van der Waals surface area contributed by atoms with Crippen LogP contribution in [0.15, 0.2) is 29.2 Å². The zero-order chi connectivity index (χ0) is 13.3. The Morgan fingerprint density at radius 3 is 2.50 bits per heavy atom. The average Bonchev–Trinajstić information content (AvgIpc) is 2.34. The summed E-state index contributed by atoms with van der Waals surface area (Å²) in [7, 11) is -3.90. The fraction of sp³-hybridized carbons (Fsp3) is 0.400. The summed E-state index contributed by atoms with van der Waals surface area (Å²) in [5, 5.41) is 10.8. The first kappa shape index (κ1) is 12.9. The minimum Gasteiger partial charge on any atom is -0.326 e. The van der Waals surface area contributed by atoms with Gasteiger partial charge in [-0.05, 0) is 18.9 Å². The van der Waals surface area contributed by atoms with E-state index in [-0.39, 0.29) is 17.0 Å². The van der Waals surface area contributed by atoms with Crippen molar-refractivity contribution in [1.29, 1.82) is 0 Å². The van der Waals surface area contributed by atoms with Gasteiger partial charge < -0.3 is 5.73 Å². The third-order valence-corrected chi connectivity index (χ3v) is 4.52. The van der Waals surface area contributed by atoms with Crippen LogP contribution in [-0.4, -0.2) is 25.4 Å². The molecule has 1 aromatic carbocycles. The monoisotopic (exact) mass is 271 g/mol. The van der Waals surface area contributed by atoms with Gasteiger partial charge in [0.1, 0.15) is 0 Å². The first-order valence-corrected chi connectivity index (χ1v) is 6.91. The Morgan fingerprint density at radius 2 is 2.00 bits per heavy atom. The summed E-state index contributed by atoms with van der Waals surface area (Å²) in [6.45, 7) is 0. The Bertz CT molecular complexity index is 572. The quantitative estimate of drug-likeness (QED) is 0.606. The Balaban J connectivity index is 2.32. The van der Waals surface area contributed by atoms with Crippen LogP contribution in [0.1, 0.15) is 12.8 Å². The second kappa shape index (κ2) is 4.63. The van der Waals surface area contributed by atoms with Crippen molar-refractivity contribution >= 4 is 15.7 Å². The van der Waals surface area contributed by atoms with E-state index in [2.05, 4.69) is 4.72 Å². The molecule has 18 heavy (non-hydrogen) atoms. The molecule has 98 valence electrons. The average molecular weight is 271 g/mol. The van der Waals surface area contributed by atoms with Gasteiger partial charge in [0.15, 0.2) is 4.90 Å². The van der Waals surface area contributed by atoms with E-state index in [4.69, 9.17) is 5.73 Å². The van der Waals surface area contributed by atoms with Crippen LogP contribution in [0.5, 0.6) is 0 Å². The summed E-state index contributed by atoms with van der Waals surface area (Å²) in [6.07, 6.45) is 1.41. The van der Waals surface area contributed by atoms with Crippen LogP contribution >= 0.6 is 0 Å². The van der Waals surface area contributed by atoms with Crippen molar-refractivity contribution in [3.05, 3.63) is 34.4 Å². The lowest BCUT2D eigenvalue weighted by Gasteiger charge is -2.33. The number of benzene rings is 1. The van der Waals surface area contributed by atoms with E-state index in [1.54, 1.807) is 0 Å². The molecule has 1 aliphatic carbocycles. The van der Waals surface area contributed by atoms with Gasteiger partial charge in [-0.15, -0.1) is 0 Å². The molecule has 2 rings (SSSR count). The molecule has 0 bridgehead atoms. The number of hydrogen-bond acceptors (Lipinski definition) is 5. The molecule has 2 atom stereocenters. The predicted molar refractivity (Wildman–Crippen MR) is 64.4 cm³/mol. The number of nitrogens with zero attached hydrogens (tertiary/aromatic N) is 1. The van der Waals surface area contributed by atoms with E-state index in [1.165, 1.54) is 18.2 Å².